The Kier molecular flexibility index (Phi) is 6.71. The van der Waals surface area contributed by atoms with Crippen LogP contribution in [0.5, 0.6) is 5.75 Å². The average Bonchev–Trinajstić information content (AvgIpc) is 2.64. The van der Waals surface area contributed by atoms with Crippen molar-refractivity contribution in [3.05, 3.63) is 90.7 Å². The fourth-order valence-electron chi connectivity index (χ4n) is 4.22. The number of hydrogen-bond donors (Lipinski definition) is 1. The second kappa shape index (κ2) is 8.59. The first-order chi connectivity index (χ1) is 12.1. The van der Waals surface area contributed by atoms with E-state index in [0.29, 0.717) is 11.7 Å². The lowest BCUT2D eigenvalue weighted by Crippen LogP contribution is -2.52. The van der Waals surface area contributed by atoms with Crippen LogP contribution in [0, 0.1) is 12.8 Å². The summed E-state index contributed by atoms with van der Waals surface area (Å²) in [5.41, 5.74) is 1.85. The van der Waals surface area contributed by atoms with Gasteiger partial charge in [0.25, 0.3) is 0 Å². The summed E-state index contributed by atoms with van der Waals surface area (Å²) in [5.74, 6) is 0.671. The molecule has 3 unspecified atom stereocenters. The monoisotopic (exact) mass is 413 g/mol. The van der Waals surface area contributed by atoms with Gasteiger partial charge in [-0.25, -0.2) is 0 Å². The molecule has 26 heavy (non-hydrogen) atoms. The van der Waals surface area contributed by atoms with Crippen molar-refractivity contribution >= 4 is 17.0 Å². The Hall–Kier alpha value is -2.00. The first-order valence-corrected chi connectivity index (χ1v) is 9.01. The van der Waals surface area contributed by atoms with E-state index in [0.717, 1.165) is 24.1 Å². The molecule has 0 saturated heterocycles. The van der Waals surface area contributed by atoms with Gasteiger partial charge in [-0.15, -0.1) is 23.6 Å². The summed E-state index contributed by atoms with van der Waals surface area (Å²) in [6.45, 7) is 8.99. The highest BCUT2D eigenvalue weighted by atomic mass is 79.9. The number of phenols is 1. The fourth-order valence-corrected chi connectivity index (χ4v) is 4.22. The quantitative estimate of drug-likeness (QED) is 0.634. The summed E-state index contributed by atoms with van der Waals surface area (Å²) in [6.07, 6.45) is 20.3. The van der Waals surface area contributed by atoms with Gasteiger partial charge in [-0.05, 0) is 37.6 Å². The highest BCUT2D eigenvalue weighted by molar-refractivity contribution is 8.93. The van der Waals surface area contributed by atoms with Crippen molar-refractivity contribution < 1.29 is 5.11 Å². The molecule has 1 N–H and O–H groups in total. The van der Waals surface area contributed by atoms with E-state index in [4.69, 9.17) is 0 Å². The molecule has 138 valence electrons. The summed E-state index contributed by atoms with van der Waals surface area (Å²) in [5, 5.41) is 10.8. The lowest BCUT2D eigenvalue weighted by atomic mass is 9.61. The Morgan fingerprint density at radius 3 is 2.69 bits per heavy atom. The molecule has 3 rings (SSSR count). The maximum absolute atomic E-state index is 10.8. The van der Waals surface area contributed by atoms with Gasteiger partial charge in [0.15, 0.2) is 0 Å². The maximum atomic E-state index is 10.8. The van der Waals surface area contributed by atoms with Crippen LogP contribution in [0.25, 0.3) is 0 Å². The fraction of sp³-hybridized carbons (Fsp3) is 0.304. The molecule has 1 heterocycles. The maximum Gasteiger partial charge on any atom is 0.119 e. The van der Waals surface area contributed by atoms with E-state index >= 15 is 0 Å². The zero-order chi connectivity index (χ0) is 17.9. The lowest BCUT2D eigenvalue weighted by molar-refractivity contribution is 0.204. The molecule has 3 heteroatoms. The molecular weight excluding hydrogens is 386 g/mol. The summed E-state index contributed by atoms with van der Waals surface area (Å²) < 4.78 is 0. The van der Waals surface area contributed by atoms with E-state index in [1.165, 1.54) is 0 Å². The number of halogens is 1. The number of hydrogen-bond acceptors (Lipinski definition) is 2. The van der Waals surface area contributed by atoms with Gasteiger partial charge in [0.2, 0.25) is 0 Å². The predicted molar refractivity (Wildman–Crippen MR) is 116 cm³/mol. The zero-order valence-electron chi connectivity index (χ0n) is 15.5. The van der Waals surface area contributed by atoms with Gasteiger partial charge in [-0.1, -0.05) is 67.2 Å². The van der Waals surface area contributed by atoms with Gasteiger partial charge >= 0.3 is 0 Å². The SMILES string of the molecule is Br.C=CCN1C=CC=CC1C1(c2cc(C)ccc2O)C=CC=CC1CC. The standard InChI is InChI=1S/C23H27NO.BrH/c1-4-15-24-16-9-7-11-22(24)23(14-8-6-10-19(23)5-2)20-17-18(3)12-13-21(20)25;/h4,6-14,16-17,19,22,25H,1,5,15H2,2-3H3;1H. The molecule has 2 aliphatic rings. The van der Waals surface area contributed by atoms with Crippen molar-refractivity contribution in [3.63, 3.8) is 0 Å². The van der Waals surface area contributed by atoms with Crippen molar-refractivity contribution in [2.75, 3.05) is 6.54 Å². The minimum Gasteiger partial charge on any atom is -0.508 e. The summed E-state index contributed by atoms with van der Waals surface area (Å²) in [7, 11) is 0. The summed E-state index contributed by atoms with van der Waals surface area (Å²) in [4.78, 5) is 2.31. The first-order valence-electron chi connectivity index (χ1n) is 9.01. The lowest BCUT2D eigenvalue weighted by Gasteiger charge is -2.49. The third-order valence-corrected chi connectivity index (χ3v) is 5.37. The molecule has 2 nitrogen and oxygen atoms in total. The summed E-state index contributed by atoms with van der Waals surface area (Å²) in [6, 6.07) is 6.05. The molecule has 1 aromatic rings. The third kappa shape index (κ3) is 3.45. The summed E-state index contributed by atoms with van der Waals surface area (Å²) >= 11 is 0. The molecule has 1 aliphatic carbocycles. The van der Waals surface area contributed by atoms with E-state index in [9.17, 15) is 5.11 Å². The third-order valence-electron chi connectivity index (χ3n) is 5.37. The van der Waals surface area contributed by atoms with Gasteiger partial charge < -0.3 is 10.0 Å². The van der Waals surface area contributed by atoms with E-state index in [1.54, 1.807) is 0 Å². The minimum atomic E-state index is -0.316. The Morgan fingerprint density at radius 1 is 1.19 bits per heavy atom. The van der Waals surface area contributed by atoms with Crippen LogP contribution in [0.3, 0.4) is 0 Å². The average molecular weight is 414 g/mol. The van der Waals surface area contributed by atoms with Crippen LogP contribution in [-0.2, 0) is 5.41 Å². The van der Waals surface area contributed by atoms with E-state index in [1.807, 2.05) is 18.2 Å². The van der Waals surface area contributed by atoms with Crippen molar-refractivity contribution in [1.82, 2.24) is 4.90 Å². The van der Waals surface area contributed by atoms with Crippen molar-refractivity contribution in [1.29, 1.82) is 0 Å². The van der Waals surface area contributed by atoms with Crippen LogP contribution in [0.1, 0.15) is 24.5 Å². The number of rotatable bonds is 5. The van der Waals surface area contributed by atoms with Gasteiger partial charge in [0.1, 0.15) is 5.75 Å². The van der Waals surface area contributed by atoms with Crippen LogP contribution in [-0.4, -0.2) is 22.6 Å². The first kappa shape index (κ1) is 20.3. The molecule has 0 radical (unpaired) electrons. The number of phenolic OH excluding ortho intramolecular Hbond substituents is 1. The van der Waals surface area contributed by atoms with Crippen LogP contribution < -0.4 is 0 Å². The van der Waals surface area contributed by atoms with Crippen molar-refractivity contribution in [2.45, 2.75) is 31.7 Å². The topological polar surface area (TPSA) is 23.5 Å². The number of allylic oxidation sites excluding steroid dienone is 5. The molecule has 0 fully saturated rings. The predicted octanol–water partition coefficient (Wildman–Crippen LogP) is 5.61. The van der Waals surface area contributed by atoms with Gasteiger partial charge in [-0.2, -0.15) is 0 Å². The second-order valence-corrected chi connectivity index (χ2v) is 6.87. The molecule has 1 aromatic carbocycles. The number of aryl methyl sites for hydroxylation is 1. The number of aromatic hydroxyl groups is 1. The Balaban J connectivity index is 0.00000243. The second-order valence-electron chi connectivity index (χ2n) is 6.87. The molecule has 0 saturated carbocycles. The van der Waals surface area contributed by atoms with Crippen LogP contribution >= 0.6 is 17.0 Å². The van der Waals surface area contributed by atoms with Gasteiger partial charge in [0, 0.05) is 17.5 Å². The highest BCUT2D eigenvalue weighted by Gasteiger charge is 2.46. The molecule has 0 spiro atoms. The Morgan fingerprint density at radius 2 is 1.96 bits per heavy atom. The smallest absolute Gasteiger partial charge is 0.119 e. The molecule has 3 atom stereocenters. The van der Waals surface area contributed by atoms with E-state index < -0.39 is 0 Å². The number of nitrogens with zero attached hydrogens (tertiary/aromatic N) is 1. The Labute approximate surface area is 167 Å². The van der Waals surface area contributed by atoms with Gasteiger partial charge in [-0.3, -0.25) is 0 Å². The highest BCUT2D eigenvalue weighted by Crippen LogP contribution is 2.48. The molecule has 0 amide bonds. The van der Waals surface area contributed by atoms with E-state index in [2.05, 4.69) is 80.1 Å². The molecule has 0 bridgehead atoms. The largest absolute Gasteiger partial charge is 0.508 e. The Bertz CT molecular complexity index is 761. The zero-order valence-corrected chi connectivity index (χ0v) is 17.2. The van der Waals surface area contributed by atoms with Crippen LogP contribution in [0.15, 0.2) is 79.6 Å². The molecule has 1 aliphatic heterocycles. The van der Waals surface area contributed by atoms with Crippen molar-refractivity contribution in [3.8, 4) is 5.75 Å². The van der Waals surface area contributed by atoms with E-state index in [-0.39, 0.29) is 28.4 Å². The van der Waals surface area contributed by atoms with Gasteiger partial charge in [0.05, 0.1) is 6.04 Å². The van der Waals surface area contributed by atoms with Crippen LogP contribution in [0.2, 0.25) is 0 Å². The van der Waals surface area contributed by atoms with Crippen LogP contribution in [0.4, 0.5) is 0 Å². The van der Waals surface area contributed by atoms with Crippen molar-refractivity contribution in [2.24, 2.45) is 5.92 Å². The minimum absolute atomic E-state index is 0. The molecular formula is C23H28BrNO. The molecule has 0 aromatic heterocycles. The number of benzene rings is 1. The normalized spacial score (nSPS) is 26.6.